The Hall–Kier alpha value is -1.76. The van der Waals surface area contributed by atoms with E-state index in [1.54, 1.807) is 18.2 Å². The van der Waals surface area contributed by atoms with Gasteiger partial charge in [0, 0.05) is 6.54 Å². The predicted molar refractivity (Wildman–Crippen MR) is 61.3 cm³/mol. The van der Waals surface area contributed by atoms with Crippen LogP contribution in [0.1, 0.15) is 0 Å². The average molecular weight is 259 g/mol. The molecule has 2 rings (SSSR count). The van der Waals surface area contributed by atoms with Gasteiger partial charge in [-0.1, -0.05) is 12.1 Å². The highest BCUT2D eigenvalue weighted by atomic mass is 19.4. The minimum atomic E-state index is -4.47. The number of para-hydroxylation sites is 2. The van der Waals surface area contributed by atoms with Crippen molar-refractivity contribution in [3.05, 3.63) is 24.3 Å². The molecule has 1 aliphatic rings. The number of anilines is 2. The van der Waals surface area contributed by atoms with E-state index < -0.39 is 24.7 Å². The molecule has 1 aromatic rings. The first-order valence-corrected chi connectivity index (χ1v) is 5.35. The van der Waals surface area contributed by atoms with Crippen LogP contribution >= 0.6 is 0 Å². The number of nitrogens with zero attached hydrogens (tertiary/aromatic N) is 1. The number of amides is 1. The Labute approximate surface area is 102 Å². The lowest BCUT2D eigenvalue weighted by molar-refractivity contribution is -0.132. The zero-order valence-corrected chi connectivity index (χ0v) is 9.37. The number of nitrogens with one attached hydrogen (secondary N) is 1. The molecule has 7 heteroatoms. The van der Waals surface area contributed by atoms with Crippen molar-refractivity contribution in [1.29, 1.82) is 0 Å². The normalized spacial score (nSPS) is 20.1. The van der Waals surface area contributed by atoms with E-state index >= 15 is 0 Å². The Balaban J connectivity index is 2.41. The van der Waals surface area contributed by atoms with Crippen LogP contribution in [0, 0.1) is 0 Å². The van der Waals surface area contributed by atoms with E-state index in [4.69, 9.17) is 5.73 Å². The fraction of sp³-hybridized carbons (Fsp3) is 0.364. The Morgan fingerprint density at radius 3 is 2.72 bits per heavy atom. The molecular formula is C11H12F3N3O. The number of rotatable bonds is 1. The Kier molecular flexibility index (Phi) is 3.16. The molecule has 0 aromatic heterocycles. The van der Waals surface area contributed by atoms with Gasteiger partial charge in [-0.2, -0.15) is 13.2 Å². The summed E-state index contributed by atoms with van der Waals surface area (Å²) in [5, 5.41) is 2.87. The van der Waals surface area contributed by atoms with E-state index in [2.05, 4.69) is 5.32 Å². The second-order valence-electron chi connectivity index (χ2n) is 4.04. The van der Waals surface area contributed by atoms with E-state index in [9.17, 15) is 18.0 Å². The van der Waals surface area contributed by atoms with E-state index in [1.165, 1.54) is 6.07 Å². The van der Waals surface area contributed by atoms with E-state index in [0.29, 0.717) is 10.6 Å². The van der Waals surface area contributed by atoms with Gasteiger partial charge in [0.15, 0.2) is 0 Å². The molecule has 1 atom stereocenters. The van der Waals surface area contributed by atoms with Gasteiger partial charge >= 0.3 is 6.18 Å². The third-order valence-electron chi connectivity index (χ3n) is 2.63. The van der Waals surface area contributed by atoms with Crippen molar-refractivity contribution in [1.82, 2.24) is 0 Å². The Morgan fingerprint density at radius 2 is 2.06 bits per heavy atom. The minimum absolute atomic E-state index is 0.115. The summed E-state index contributed by atoms with van der Waals surface area (Å²) in [6.07, 6.45) is -4.47. The van der Waals surface area contributed by atoms with Crippen LogP contribution in [0.5, 0.6) is 0 Å². The Bertz CT molecular complexity index is 461. The van der Waals surface area contributed by atoms with Crippen molar-refractivity contribution in [3.63, 3.8) is 0 Å². The van der Waals surface area contributed by atoms with Gasteiger partial charge in [-0.25, -0.2) is 0 Å². The molecule has 0 saturated heterocycles. The maximum Gasteiger partial charge on any atom is 0.406 e. The van der Waals surface area contributed by atoms with E-state index in [1.807, 2.05) is 0 Å². The molecule has 1 unspecified atom stereocenters. The third-order valence-corrected chi connectivity index (χ3v) is 2.63. The maximum absolute atomic E-state index is 12.5. The molecule has 1 aliphatic heterocycles. The molecule has 1 heterocycles. The smallest absolute Gasteiger partial charge is 0.381 e. The standard InChI is InChI=1S/C11H12F3N3O/c12-11(13,14)6-17-9-4-2-1-3-8(9)16-5-7(15)10(17)18/h1-4,7,16H,5-6,15H2. The molecule has 0 spiro atoms. The molecule has 3 N–H and O–H groups in total. The summed E-state index contributed by atoms with van der Waals surface area (Å²) in [4.78, 5) is 12.5. The third kappa shape index (κ3) is 2.56. The molecule has 0 bridgehead atoms. The average Bonchev–Trinajstić information content (AvgIpc) is 2.41. The van der Waals surface area contributed by atoms with Crippen molar-refractivity contribution in [2.45, 2.75) is 12.2 Å². The lowest BCUT2D eigenvalue weighted by atomic mass is 10.2. The number of benzene rings is 1. The topological polar surface area (TPSA) is 58.4 Å². The summed E-state index contributed by atoms with van der Waals surface area (Å²) >= 11 is 0. The number of alkyl halides is 3. The monoisotopic (exact) mass is 259 g/mol. The fourth-order valence-electron chi connectivity index (χ4n) is 1.83. The lowest BCUT2D eigenvalue weighted by Gasteiger charge is -2.24. The van der Waals surface area contributed by atoms with Crippen molar-refractivity contribution in [2.75, 3.05) is 23.3 Å². The highest BCUT2D eigenvalue weighted by molar-refractivity contribution is 6.01. The van der Waals surface area contributed by atoms with Crippen LogP contribution in [0.3, 0.4) is 0 Å². The van der Waals surface area contributed by atoms with Crippen molar-refractivity contribution in [3.8, 4) is 0 Å². The highest BCUT2D eigenvalue weighted by Gasteiger charge is 2.37. The molecule has 1 aromatic carbocycles. The number of carbonyl (C=O) groups is 1. The molecule has 0 radical (unpaired) electrons. The van der Waals surface area contributed by atoms with Gasteiger partial charge in [0.05, 0.1) is 11.4 Å². The second-order valence-corrected chi connectivity index (χ2v) is 4.04. The largest absolute Gasteiger partial charge is 0.406 e. The zero-order valence-electron chi connectivity index (χ0n) is 9.37. The van der Waals surface area contributed by atoms with Gasteiger partial charge in [-0.3, -0.25) is 9.69 Å². The summed E-state index contributed by atoms with van der Waals surface area (Å²) in [5.74, 6) is -0.732. The lowest BCUT2D eigenvalue weighted by Crippen LogP contribution is -2.48. The molecule has 4 nitrogen and oxygen atoms in total. The van der Waals surface area contributed by atoms with Gasteiger partial charge in [0.25, 0.3) is 0 Å². The summed E-state index contributed by atoms with van der Waals surface area (Å²) < 4.78 is 37.5. The van der Waals surface area contributed by atoms with E-state index in [-0.39, 0.29) is 12.2 Å². The van der Waals surface area contributed by atoms with Crippen LogP contribution in [0.4, 0.5) is 24.5 Å². The van der Waals surface area contributed by atoms with Crippen LogP contribution in [-0.4, -0.2) is 31.2 Å². The number of carbonyl (C=O) groups excluding carboxylic acids is 1. The number of nitrogens with two attached hydrogens (primary N) is 1. The number of fused-ring (bicyclic) bond motifs is 1. The van der Waals surface area contributed by atoms with Gasteiger partial charge < -0.3 is 11.1 Å². The first kappa shape index (κ1) is 12.7. The van der Waals surface area contributed by atoms with Crippen molar-refractivity contribution in [2.24, 2.45) is 5.73 Å². The molecule has 18 heavy (non-hydrogen) atoms. The second kappa shape index (κ2) is 4.49. The van der Waals surface area contributed by atoms with Crippen LogP contribution in [0.2, 0.25) is 0 Å². The van der Waals surface area contributed by atoms with Gasteiger partial charge in [0.2, 0.25) is 5.91 Å². The number of hydrogen-bond donors (Lipinski definition) is 2. The first-order valence-electron chi connectivity index (χ1n) is 5.35. The number of hydrogen-bond acceptors (Lipinski definition) is 3. The first-order chi connectivity index (χ1) is 8.38. The van der Waals surface area contributed by atoms with Gasteiger partial charge in [0.1, 0.15) is 12.6 Å². The summed E-state index contributed by atoms with van der Waals surface area (Å²) in [5.41, 5.74) is 6.22. The molecule has 0 saturated carbocycles. The van der Waals surface area contributed by atoms with Gasteiger partial charge in [-0.15, -0.1) is 0 Å². The number of halogens is 3. The van der Waals surface area contributed by atoms with Crippen LogP contribution < -0.4 is 16.0 Å². The molecular weight excluding hydrogens is 247 g/mol. The zero-order chi connectivity index (χ0) is 13.3. The summed E-state index contributed by atoms with van der Waals surface area (Å²) in [7, 11) is 0. The van der Waals surface area contributed by atoms with Crippen LogP contribution in [0.15, 0.2) is 24.3 Å². The van der Waals surface area contributed by atoms with Crippen LogP contribution in [-0.2, 0) is 4.79 Å². The van der Waals surface area contributed by atoms with Gasteiger partial charge in [-0.05, 0) is 12.1 Å². The highest BCUT2D eigenvalue weighted by Crippen LogP contribution is 2.30. The van der Waals surface area contributed by atoms with E-state index in [0.717, 1.165) is 0 Å². The van der Waals surface area contributed by atoms with Crippen LogP contribution in [0.25, 0.3) is 0 Å². The van der Waals surface area contributed by atoms with Crippen molar-refractivity contribution >= 4 is 17.3 Å². The fourth-order valence-corrected chi connectivity index (χ4v) is 1.83. The minimum Gasteiger partial charge on any atom is -0.381 e. The maximum atomic E-state index is 12.5. The SMILES string of the molecule is NC1CNc2ccccc2N(CC(F)(F)F)C1=O. The molecule has 1 amide bonds. The quantitative estimate of drug-likeness (QED) is 0.800. The molecule has 0 aliphatic carbocycles. The molecule has 0 fully saturated rings. The molecule has 98 valence electrons. The Morgan fingerprint density at radius 1 is 1.39 bits per heavy atom. The van der Waals surface area contributed by atoms with Crippen molar-refractivity contribution < 1.29 is 18.0 Å². The summed E-state index contributed by atoms with van der Waals surface area (Å²) in [6, 6.07) is 5.35. The summed E-state index contributed by atoms with van der Waals surface area (Å²) in [6.45, 7) is -1.22. The predicted octanol–water partition coefficient (Wildman–Crippen LogP) is 1.33.